The molecule has 0 radical (unpaired) electrons. The maximum absolute atomic E-state index is 14.2. The van der Waals surface area contributed by atoms with Crippen molar-refractivity contribution < 1.29 is 4.39 Å². The number of nitrogens with zero attached hydrogens (tertiary/aromatic N) is 1. The summed E-state index contributed by atoms with van der Waals surface area (Å²) in [5, 5.41) is 0. The Labute approximate surface area is 136 Å². The highest BCUT2D eigenvalue weighted by Gasteiger charge is 2.07. The fourth-order valence-corrected chi connectivity index (χ4v) is 2.64. The molecule has 0 amide bonds. The quantitative estimate of drug-likeness (QED) is 0.604. The van der Waals surface area contributed by atoms with Crippen LogP contribution in [-0.2, 0) is 12.8 Å². The largest absolute Gasteiger partial charge is 0.256 e. The molecule has 23 heavy (non-hydrogen) atoms. The van der Waals surface area contributed by atoms with E-state index in [0.717, 1.165) is 29.5 Å². The van der Waals surface area contributed by atoms with E-state index in [1.807, 2.05) is 37.4 Å². The first-order valence-corrected chi connectivity index (χ1v) is 8.05. The van der Waals surface area contributed by atoms with E-state index in [9.17, 15) is 4.39 Å². The van der Waals surface area contributed by atoms with Crippen molar-refractivity contribution in [2.45, 2.75) is 26.7 Å². The summed E-state index contributed by atoms with van der Waals surface area (Å²) in [5.74, 6) is -0.211. The normalized spacial score (nSPS) is 10.7. The zero-order valence-electron chi connectivity index (χ0n) is 13.5. The number of aryl methyl sites for hydroxylation is 2. The second-order valence-electron chi connectivity index (χ2n) is 5.65. The molecule has 116 valence electrons. The van der Waals surface area contributed by atoms with Crippen molar-refractivity contribution in [1.82, 2.24) is 4.98 Å². The minimum Gasteiger partial charge on any atom is -0.256 e. The predicted molar refractivity (Wildman–Crippen MR) is 93.8 cm³/mol. The third-order valence-corrected chi connectivity index (χ3v) is 4.18. The number of benzene rings is 2. The van der Waals surface area contributed by atoms with Gasteiger partial charge in [0.05, 0.1) is 5.69 Å². The SMILES string of the molecule is CCc1ccc(-c2ccc(-c3ccc(CC)cc3F)nc2)cc1. The Bertz CT molecular complexity index is 789. The molecule has 3 rings (SSSR count). The number of hydrogen-bond acceptors (Lipinski definition) is 1. The van der Waals surface area contributed by atoms with Crippen LogP contribution in [0.3, 0.4) is 0 Å². The van der Waals surface area contributed by atoms with Crippen LogP contribution in [0.15, 0.2) is 60.8 Å². The van der Waals surface area contributed by atoms with E-state index in [1.54, 1.807) is 6.07 Å². The highest BCUT2D eigenvalue weighted by Crippen LogP contribution is 2.25. The summed E-state index contributed by atoms with van der Waals surface area (Å²) < 4.78 is 14.2. The molecule has 0 saturated carbocycles. The number of pyridine rings is 1. The van der Waals surface area contributed by atoms with Gasteiger partial charge in [0.1, 0.15) is 5.82 Å². The Kier molecular flexibility index (Phi) is 4.52. The van der Waals surface area contributed by atoms with Crippen LogP contribution >= 0.6 is 0 Å². The minimum absolute atomic E-state index is 0.211. The molecule has 0 fully saturated rings. The maximum Gasteiger partial charge on any atom is 0.132 e. The molecule has 0 spiro atoms. The average molecular weight is 305 g/mol. The molecule has 0 saturated heterocycles. The Morgan fingerprint density at radius 2 is 1.43 bits per heavy atom. The molecular formula is C21H20FN. The molecule has 0 N–H and O–H groups in total. The van der Waals surface area contributed by atoms with Gasteiger partial charge in [0.15, 0.2) is 0 Å². The Morgan fingerprint density at radius 3 is 2.00 bits per heavy atom. The van der Waals surface area contributed by atoms with Gasteiger partial charge in [0.2, 0.25) is 0 Å². The summed E-state index contributed by atoms with van der Waals surface area (Å²) >= 11 is 0. The highest BCUT2D eigenvalue weighted by molar-refractivity contribution is 5.67. The van der Waals surface area contributed by atoms with E-state index in [4.69, 9.17) is 0 Å². The molecule has 2 heteroatoms. The highest BCUT2D eigenvalue weighted by atomic mass is 19.1. The van der Waals surface area contributed by atoms with Crippen molar-refractivity contribution in [2.24, 2.45) is 0 Å². The van der Waals surface area contributed by atoms with Crippen LogP contribution in [0.1, 0.15) is 25.0 Å². The van der Waals surface area contributed by atoms with E-state index < -0.39 is 0 Å². The number of hydrogen-bond donors (Lipinski definition) is 0. The number of rotatable bonds is 4. The predicted octanol–water partition coefficient (Wildman–Crippen LogP) is 5.68. The first-order valence-electron chi connectivity index (χ1n) is 8.05. The average Bonchev–Trinajstić information content (AvgIpc) is 2.62. The van der Waals surface area contributed by atoms with E-state index in [1.165, 1.54) is 5.56 Å². The Balaban J connectivity index is 1.89. The van der Waals surface area contributed by atoms with Crippen LogP contribution in [0.2, 0.25) is 0 Å². The first kappa shape index (κ1) is 15.4. The smallest absolute Gasteiger partial charge is 0.132 e. The van der Waals surface area contributed by atoms with Crippen molar-refractivity contribution in [2.75, 3.05) is 0 Å². The van der Waals surface area contributed by atoms with Crippen LogP contribution < -0.4 is 0 Å². The van der Waals surface area contributed by atoms with Gasteiger partial charge >= 0.3 is 0 Å². The molecule has 3 aromatic rings. The topological polar surface area (TPSA) is 12.9 Å². The van der Waals surface area contributed by atoms with Gasteiger partial charge < -0.3 is 0 Å². The lowest BCUT2D eigenvalue weighted by molar-refractivity contribution is 0.628. The second-order valence-corrected chi connectivity index (χ2v) is 5.65. The molecule has 0 aliphatic rings. The molecule has 0 bridgehead atoms. The lowest BCUT2D eigenvalue weighted by Gasteiger charge is -2.07. The molecule has 0 aliphatic carbocycles. The summed E-state index contributed by atoms with van der Waals surface area (Å²) in [7, 11) is 0. The fraction of sp³-hybridized carbons (Fsp3) is 0.190. The third kappa shape index (κ3) is 3.31. The molecule has 2 aromatic carbocycles. The van der Waals surface area contributed by atoms with E-state index >= 15 is 0 Å². The summed E-state index contributed by atoms with van der Waals surface area (Å²) in [4.78, 5) is 4.44. The standard InChI is InChI=1S/C21H20FN/c1-3-15-5-8-17(9-6-15)18-10-12-21(23-14-18)19-11-7-16(4-2)13-20(19)22/h5-14H,3-4H2,1-2H3. The van der Waals surface area contributed by atoms with Gasteiger partial charge in [-0.3, -0.25) is 4.98 Å². The van der Waals surface area contributed by atoms with Gasteiger partial charge in [0, 0.05) is 17.3 Å². The van der Waals surface area contributed by atoms with Crippen molar-refractivity contribution in [3.63, 3.8) is 0 Å². The minimum atomic E-state index is -0.211. The van der Waals surface area contributed by atoms with E-state index in [0.29, 0.717) is 11.3 Å². The Hall–Kier alpha value is -2.48. The van der Waals surface area contributed by atoms with Crippen molar-refractivity contribution in [3.05, 3.63) is 77.7 Å². The van der Waals surface area contributed by atoms with Gasteiger partial charge in [-0.25, -0.2) is 4.39 Å². The van der Waals surface area contributed by atoms with E-state index in [-0.39, 0.29) is 5.82 Å². The maximum atomic E-state index is 14.2. The van der Waals surface area contributed by atoms with Gasteiger partial charge in [0.25, 0.3) is 0 Å². The van der Waals surface area contributed by atoms with Crippen molar-refractivity contribution in [1.29, 1.82) is 0 Å². The monoisotopic (exact) mass is 305 g/mol. The Morgan fingerprint density at radius 1 is 0.783 bits per heavy atom. The fourth-order valence-electron chi connectivity index (χ4n) is 2.64. The van der Waals surface area contributed by atoms with Crippen LogP contribution in [0.25, 0.3) is 22.4 Å². The lowest BCUT2D eigenvalue weighted by atomic mass is 10.0. The molecule has 0 unspecified atom stereocenters. The van der Waals surface area contributed by atoms with Gasteiger partial charge in [-0.1, -0.05) is 50.2 Å². The number of aromatic nitrogens is 1. The van der Waals surface area contributed by atoms with Crippen LogP contribution in [-0.4, -0.2) is 4.98 Å². The molecule has 1 nitrogen and oxygen atoms in total. The molecule has 0 atom stereocenters. The second kappa shape index (κ2) is 6.74. The third-order valence-electron chi connectivity index (χ3n) is 4.18. The van der Waals surface area contributed by atoms with Gasteiger partial charge in [-0.15, -0.1) is 0 Å². The molecule has 0 aliphatic heterocycles. The number of halogens is 1. The first-order chi connectivity index (χ1) is 11.2. The van der Waals surface area contributed by atoms with Gasteiger partial charge in [-0.05, 0) is 47.7 Å². The summed E-state index contributed by atoms with van der Waals surface area (Å²) in [6.07, 6.45) is 3.67. The summed E-state index contributed by atoms with van der Waals surface area (Å²) in [6, 6.07) is 17.7. The summed E-state index contributed by atoms with van der Waals surface area (Å²) in [6.45, 7) is 4.16. The van der Waals surface area contributed by atoms with E-state index in [2.05, 4.69) is 36.2 Å². The summed E-state index contributed by atoms with van der Waals surface area (Å²) in [5.41, 5.74) is 5.70. The molecular weight excluding hydrogens is 285 g/mol. The van der Waals surface area contributed by atoms with Crippen LogP contribution in [0, 0.1) is 5.82 Å². The van der Waals surface area contributed by atoms with Gasteiger partial charge in [-0.2, -0.15) is 0 Å². The zero-order chi connectivity index (χ0) is 16.2. The molecule has 1 heterocycles. The van der Waals surface area contributed by atoms with Crippen molar-refractivity contribution in [3.8, 4) is 22.4 Å². The van der Waals surface area contributed by atoms with Crippen molar-refractivity contribution >= 4 is 0 Å². The zero-order valence-corrected chi connectivity index (χ0v) is 13.5. The van der Waals surface area contributed by atoms with Crippen LogP contribution in [0.4, 0.5) is 4.39 Å². The van der Waals surface area contributed by atoms with Crippen LogP contribution in [0.5, 0.6) is 0 Å². The molecule has 1 aromatic heterocycles. The lowest BCUT2D eigenvalue weighted by Crippen LogP contribution is -1.91.